The molecule has 0 aliphatic heterocycles. The molecule has 24 heavy (non-hydrogen) atoms. The molecule has 0 unspecified atom stereocenters. The lowest BCUT2D eigenvalue weighted by atomic mass is 9.80. The molecule has 1 fully saturated rings. The lowest BCUT2D eigenvalue weighted by Gasteiger charge is -2.18. The van der Waals surface area contributed by atoms with Crippen molar-refractivity contribution in [2.24, 2.45) is 5.41 Å². The van der Waals surface area contributed by atoms with Crippen molar-refractivity contribution >= 4 is 0 Å². The van der Waals surface area contributed by atoms with Crippen LogP contribution in [0.25, 0.3) is 0 Å². The number of nitrogens with zero attached hydrogens (tertiary/aromatic N) is 2. The van der Waals surface area contributed by atoms with Crippen LogP contribution in [0.3, 0.4) is 0 Å². The smallest absolute Gasteiger partial charge is 0.143 e. The maximum Gasteiger partial charge on any atom is 0.143 e. The first kappa shape index (κ1) is 21.0. The Bertz CT molecular complexity index is 338. The first-order valence-electron chi connectivity index (χ1n) is 10.7. The van der Waals surface area contributed by atoms with Gasteiger partial charge in [-0.25, -0.2) is 0 Å². The minimum absolute atomic E-state index is 0.708. The summed E-state index contributed by atoms with van der Waals surface area (Å²) in [5.41, 5.74) is -0.708. The van der Waals surface area contributed by atoms with Crippen molar-refractivity contribution in [1.29, 1.82) is 10.5 Å². The standard InChI is InChI=1S/C22H38N2/c23-20-22(21-24)18-16-14-12-10-8-6-4-2-1-3-5-7-9-11-13-15-17-19-22/h1-19H2. The van der Waals surface area contributed by atoms with Gasteiger partial charge in [0.2, 0.25) is 0 Å². The van der Waals surface area contributed by atoms with E-state index in [0.717, 1.165) is 25.7 Å². The largest absolute Gasteiger partial charge is 0.197 e. The molecule has 1 aliphatic rings. The zero-order chi connectivity index (χ0) is 17.3. The van der Waals surface area contributed by atoms with Gasteiger partial charge >= 0.3 is 0 Å². The van der Waals surface area contributed by atoms with Crippen LogP contribution < -0.4 is 0 Å². The molecule has 2 nitrogen and oxygen atoms in total. The van der Waals surface area contributed by atoms with Crippen LogP contribution in [0.15, 0.2) is 0 Å². The molecule has 1 saturated carbocycles. The molecule has 0 aromatic heterocycles. The number of rotatable bonds is 0. The van der Waals surface area contributed by atoms with Crippen LogP contribution >= 0.6 is 0 Å². The second-order valence-corrected chi connectivity index (χ2v) is 7.82. The van der Waals surface area contributed by atoms with Gasteiger partial charge in [0.1, 0.15) is 5.41 Å². The van der Waals surface area contributed by atoms with Crippen LogP contribution in [-0.2, 0) is 0 Å². The second-order valence-electron chi connectivity index (χ2n) is 7.82. The highest BCUT2D eigenvalue weighted by molar-refractivity contribution is 5.13. The van der Waals surface area contributed by atoms with Crippen molar-refractivity contribution in [1.82, 2.24) is 0 Å². The lowest BCUT2D eigenvalue weighted by Crippen LogP contribution is -2.16. The maximum atomic E-state index is 9.48. The summed E-state index contributed by atoms with van der Waals surface area (Å²) in [6.07, 6.45) is 23.8. The molecule has 0 aromatic rings. The molecule has 0 amide bonds. The number of hydrogen-bond acceptors (Lipinski definition) is 2. The Morgan fingerprint density at radius 2 is 0.583 bits per heavy atom. The molecule has 0 bridgehead atoms. The molecule has 1 rings (SSSR count). The van der Waals surface area contributed by atoms with E-state index in [-0.39, 0.29) is 0 Å². The summed E-state index contributed by atoms with van der Waals surface area (Å²) >= 11 is 0. The van der Waals surface area contributed by atoms with Crippen molar-refractivity contribution < 1.29 is 0 Å². The summed E-state index contributed by atoms with van der Waals surface area (Å²) in [7, 11) is 0. The summed E-state index contributed by atoms with van der Waals surface area (Å²) in [4.78, 5) is 0. The van der Waals surface area contributed by atoms with Crippen molar-refractivity contribution in [2.75, 3.05) is 0 Å². The van der Waals surface area contributed by atoms with E-state index >= 15 is 0 Å². The SMILES string of the molecule is N#CC1(C#N)CCCCCCCCCCCCCCCCCCC1. The van der Waals surface area contributed by atoms with E-state index in [9.17, 15) is 10.5 Å². The van der Waals surface area contributed by atoms with E-state index in [1.807, 2.05) is 0 Å². The predicted molar refractivity (Wildman–Crippen MR) is 101 cm³/mol. The van der Waals surface area contributed by atoms with Crippen LogP contribution in [0.1, 0.15) is 122 Å². The van der Waals surface area contributed by atoms with Gasteiger partial charge in [0.05, 0.1) is 12.1 Å². The van der Waals surface area contributed by atoms with Crippen molar-refractivity contribution in [3.05, 3.63) is 0 Å². The van der Waals surface area contributed by atoms with Gasteiger partial charge in [0.15, 0.2) is 0 Å². The van der Waals surface area contributed by atoms with E-state index in [0.29, 0.717) is 0 Å². The van der Waals surface area contributed by atoms with E-state index in [1.165, 1.54) is 96.3 Å². The first-order chi connectivity index (χ1) is 11.8. The molecule has 0 atom stereocenters. The predicted octanol–water partition coefficient (Wildman–Crippen LogP) is 7.45. The summed E-state index contributed by atoms with van der Waals surface area (Å²) in [5, 5.41) is 19.0. The fourth-order valence-electron chi connectivity index (χ4n) is 3.88. The van der Waals surface area contributed by atoms with Crippen molar-refractivity contribution in [3.63, 3.8) is 0 Å². The topological polar surface area (TPSA) is 47.6 Å². The Kier molecular flexibility index (Phi) is 12.6. The van der Waals surface area contributed by atoms with E-state index in [1.54, 1.807) is 0 Å². The molecule has 136 valence electrons. The third-order valence-corrected chi connectivity index (χ3v) is 5.64. The molecular weight excluding hydrogens is 292 g/mol. The lowest BCUT2D eigenvalue weighted by molar-refractivity contribution is 0.390. The Morgan fingerprint density at radius 1 is 0.375 bits per heavy atom. The van der Waals surface area contributed by atoms with Gasteiger partial charge in [0.25, 0.3) is 0 Å². The van der Waals surface area contributed by atoms with E-state index in [4.69, 9.17) is 0 Å². The fraction of sp³-hybridized carbons (Fsp3) is 0.909. The fourth-order valence-corrected chi connectivity index (χ4v) is 3.88. The number of hydrogen-bond donors (Lipinski definition) is 0. The molecule has 2 heteroatoms. The van der Waals surface area contributed by atoms with Crippen LogP contribution in [0.5, 0.6) is 0 Å². The van der Waals surface area contributed by atoms with Crippen LogP contribution in [-0.4, -0.2) is 0 Å². The monoisotopic (exact) mass is 330 g/mol. The molecule has 0 saturated heterocycles. The Balaban J connectivity index is 2.34. The molecule has 0 aromatic carbocycles. The Labute approximate surface area is 150 Å². The molecule has 0 spiro atoms. The Hall–Kier alpha value is -1.02. The summed E-state index contributed by atoms with van der Waals surface area (Å²) in [6.45, 7) is 0. The third kappa shape index (κ3) is 9.97. The highest BCUT2D eigenvalue weighted by Gasteiger charge is 2.28. The molecular formula is C22H38N2. The van der Waals surface area contributed by atoms with Gasteiger partial charge in [-0.3, -0.25) is 0 Å². The minimum atomic E-state index is -0.708. The normalized spacial score (nSPS) is 23.4. The van der Waals surface area contributed by atoms with Crippen LogP contribution in [0.4, 0.5) is 0 Å². The van der Waals surface area contributed by atoms with Crippen molar-refractivity contribution in [3.8, 4) is 12.1 Å². The summed E-state index contributed by atoms with van der Waals surface area (Å²) in [5.74, 6) is 0. The minimum Gasteiger partial charge on any atom is -0.197 e. The number of nitriles is 2. The highest BCUT2D eigenvalue weighted by atomic mass is 14.4. The highest BCUT2D eigenvalue weighted by Crippen LogP contribution is 2.30. The molecule has 0 N–H and O–H groups in total. The summed E-state index contributed by atoms with van der Waals surface area (Å²) in [6, 6.07) is 4.68. The van der Waals surface area contributed by atoms with Crippen LogP contribution in [0.2, 0.25) is 0 Å². The Morgan fingerprint density at radius 3 is 0.792 bits per heavy atom. The van der Waals surface area contributed by atoms with Gasteiger partial charge in [-0.05, 0) is 12.8 Å². The van der Waals surface area contributed by atoms with Gasteiger partial charge in [0, 0.05) is 0 Å². The second kappa shape index (κ2) is 14.3. The molecule has 0 heterocycles. The quantitative estimate of drug-likeness (QED) is 0.463. The van der Waals surface area contributed by atoms with Gasteiger partial charge < -0.3 is 0 Å². The van der Waals surface area contributed by atoms with Crippen molar-refractivity contribution in [2.45, 2.75) is 122 Å². The van der Waals surface area contributed by atoms with Gasteiger partial charge in [-0.2, -0.15) is 10.5 Å². The van der Waals surface area contributed by atoms with E-state index in [2.05, 4.69) is 12.1 Å². The average Bonchev–Trinajstić information content (AvgIpc) is 2.61. The molecule has 1 aliphatic carbocycles. The summed E-state index contributed by atoms with van der Waals surface area (Å²) < 4.78 is 0. The average molecular weight is 331 g/mol. The van der Waals surface area contributed by atoms with Gasteiger partial charge in [-0.1, -0.05) is 109 Å². The zero-order valence-electron chi connectivity index (χ0n) is 15.8. The zero-order valence-corrected chi connectivity index (χ0v) is 15.8. The maximum absolute atomic E-state index is 9.48. The third-order valence-electron chi connectivity index (χ3n) is 5.64. The van der Waals surface area contributed by atoms with Gasteiger partial charge in [-0.15, -0.1) is 0 Å². The van der Waals surface area contributed by atoms with Crippen LogP contribution in [0, 0.1) is 28.1 Å². The van der Waals surface area contributed by atoms with E-state index < -0.39 is 5.41 Å². The molecule has 0 radical (unpaired) electrons. The first-order valence-corrected chi connectivity index (χ1v) is 10.7.